The Hall–Kier alpha value is -1.43. The van der Waals surface area contributed by atoms with Crippen molar-refractivity contribution in [1.82, 2.24) is 4.98 Å². The quantitative estimate of drug-likeness (QED) is 0.741. The lowest BCUT2D eigenvalue weighted by molar-refractivity contribution is 0.251. The summed E-state index contributed by atoms with van der Waals surface area (Å²) in [5.74, 6) is -2.12. The van der Waals surface area contributed by atoms with Crippen molar-refractivity contribution in [1.29, 1.82) is 0 Å². The van der Waals surface area contributed by atoms with E-state index in [0.29, 0.717) is 18.9 Å². The number of halogens is 2. The molecule has 17 heavy (non-hydrogen) atoms. The van der Waals surface area contributed by atoms with Gasteiger partial charge in [0.05, 0.1) is 0 Å². The maximum absolute atomic E-state index is 13.5. The molecule has 1 unspecified atom stereocenters. The number of nitrogens with two attached hydrogens (primary N) is 1. The van der Waals surface area contributed by atoms with Gasteiger partial charge in [-0.3, -0.25) is 0 Å². The number of nitrogens with zero attached hydrogens (tertiary/aromatic N) is 1. The number of anilines is 2. The molecule has 1 aromatic rings. The highest BCUT2D eigenvalue weighted by Gasteiger charge is 2.23. The molecule has 1 aromatic heterocycles. The SMILES string of the molecule is CCC(C)(CCO)Nc1nc(N)c(F)cc1F. The lowest BCUT2D eigenvalue weighted by Crippen LogP contribution is -2.36. The van der Waals surface area contributed by atoms with E-state index in [1.807, 2.05) is 13.8 Å². The zero-order chi connectivity index (χ0) is 13.1. The number of hydrogen-bond acceptors (Lipinski definition) is 4. The lowest BCUT2D eigenvalue weighted by atomic mass is 9.95. The smallest absolute Gasteiger partial charge is 0.168 e. The third kappa shape index (κ3) is 3.26. The molecular formula is C11H17F2N3O. The topological polar surface area (TPSA) is 71.2 Å². The van der Waals surface area contributed by atoms with Gasteiger partial charge in [-0.2, -0.15) is 0 Å². The van der Waals surface area contributed by atoms with Crippen LogP contribution in [-0.2, 0) is 0 Å². The van der Waals surface area contributed by atoms with Crippen LogP contribution in [0.4, 0.5) is 20.4 Å². The molecule has 0 saturated carbocycles. The Morgan fingerprint density at radius 3 is 2.65 bits per heavy atom. The van der Waals surface area contributed by atoms with Crippen molar-refractivity contribution >= 4 is 11.6 Å². The summed E-state index contributed by atoms with van der Waals surface area (Å²) in [5, 5.41) is 11.8. The van der Waals surface area contributed by atoms with Crippen molar-refractivity contribution in [2.45, 2.75) is 32.2 Å². The maximum Gasteiger partial charge on any atom is 0.168 e. The Morgan fingerprint density at radius 2 is 2.12 bits per heavy atom. The highest BCUT2D eigenvalue weighted by molar-refractivity contribution is 5.46. The van der Waals surface area contributed by atoms with Gasteiger partial charge in [0.15, 0.2) is 23.3 Å². The van der Waals surface area contributed by atoms with Crippen molar-refractivity contribution in [2.24, 2.45) is 0 Å². The number of aliphatic hydroxyl groups excluding tert-OH is 1. The summed E-state index contributed by atoms with van der Waals surface area (Å²) in [6.45, 7) is 3.69. The molecule has 4 nitrogen and oxygen atoms in total. The number of nitrogens with one attached hydrogen (secondary N) is 1. The van der Waals surface area contributed by atoms with Gasteiger partial charge in [0.2, 0.25) is 0 Å². The fraction of sp³-hybridized carbons (Fsp3) is 0.545. The summed E-state index contributed by atoms with van der Waals surface area (Å²) in [6, 6.07) is 0.694. The first-order valence-electron chi connectivity index (χ1n) is 5.42. The average Bonchev–Trinajstić information content (AvgIpc) is 2.26. The summed E-state index contributed by atoms with van der Waals surface area (Å²) >= 11 is 0. The van der Waals surface area contributed by atoms with E-state index in [4.69, 9.17) is 10.8 Å². The van der Waals surface area contributed by atoms with Crippen LogP contribution in [0.1, 0.15) is 26.7 Å². The van der Waals surface area contributed by atoms with E-state index in [1.54, 1.807) is 0 Å². The third-order valence-electron chi connectivity index (χ3n) is 2.82. The molecular weight excluding hydrogens is 228 g/mol. The van der Waals surface area contributed by atoms with Gasteiger partial charge in [0, 0.05) is 18.2 Å². The first-order chi connectivity index (χ1) is 7.91. The number of rotatable bonds is 5. The first kappa shape index (κ1) is 13.6. The van der Waals surface area contributed by atoms with E-state index in [-0.39, 0.29) is 18.2 Å². The molecule has 0 saturated heterocycles. The summed E-state index contributed by atoms with van der Waals surface area (Å²) in [6.07, 6.45) is 1.09. The van der Waals surface area contributed by atoms with Crippen LogP contribution in [0, 0.1) is 11.6 Å². The Kier molecular flexibility index (Phi) is 4.22. The van der Waals surface area contributed by atoms with Crippen molar-refractivity contribution in [3.8, 4) is 0 Å². The number of pyridine rings is 1. The highest BCUT2D eigenvalue weighted by atomic mass is 19.1. The third-order valence-corrected chi connectivity index (χ3v) is 2.82. The second-order valence-corrected chi connectivity index (χ2v) is 4.20. The van der Waals surface area contributed by atoms with Crippen molar-refractivity contribution in [3.63, 3.8) is 0 Å². The minimum atomic E-state index is -0.881. The second-order valence-electron chi connectivity index (χ2n) is 4.20. The van der Waals surface area contributed by atoms with Gasteiger partial charge in [-0.1, -0.05) is 6.92 Å². The van der Waals surface area contributed by atoms with Crippen molar-refractivity contribution < 1.29 is 13.9 Å². The predicted molar refractivity (Wildman–Crippen MR) is 62.6 cm³/mol. The lowest BCUT2D eigenvalue weighted by Gasteiger charge is -2.29. The highest BCUT2D eigenvalue weighted by Crippen LogP contribution is 2.24. The molecule has 0 aliphatic rings. The Balaban J connectivity index is 2.97. The van der Waals surface area contributed by atoms with Gasteiger partial charge in [-0.25, -0.2) is 13.8 Å². The molecule has 4 N–H and O–H groups in total. The number of hydrogen-bond donors (Lipinski definition) is 3. The number of nitrogen functional groups attached to an aromatic ring is 1. The van der Waals surface area contributed by atoms with E-state index >= 15 is 0 Å². The van der Waals surface area contributed by atoms with E-state index in [1.165, 1.54) is 0 Å². The molecule has 0 aromatic carbocycles. The fourth-order valence-electron chi connectivity index (χ4n) is 1.43. The van der Waals surface area contributed by atoms with Crippen LogP contribution in [0.15, 0.2) is 6.07 Å². The Labute approximate surface area is 98.9 Å². The monoisotopic (exact) mass is 245 g/mol. The first-order valence-corrected chi connectivity index (χ1v) is 5.42. The molecule has 0 bridgehead atoms. The van der Waals surface area contributed by atoms with Gasteiger partial charge in [0.1, 0.15) is 0 Å². The van der Waals surface area contributed by atoms with Gasteiger partial charge in [-0.05, 0) is 19.8 Å². The van der Waals surface area contributed by atoms with Crippen LogP contribution in [-0.4, -0.2) is 22.2 Å². The molecule has 0 spiro atoms. The van der Waals surface area contributed by atoms with Crippen molar-refractivity contribution in [3.05, 3.63) is 17.7 Å². The summed E-state index contributed by atoms with van der Waals surface area (Å²) in [4.78, 5) is 3.62. The average molecular weight is 245 g/mol. The minimum Gasteiger partial charge on any atom is -0.396 e. The van der Waals surface area contributed by atoms with Crippen LogP contribution in [0.25, 0.3) is 0 Å². The van der Waals surface area contributed by atoms with Crippen molar-refractivity contribution in [2.75, 3.05) is 17.7 Å². The zero-order valence-corrected chi connectivity index (χ0v) is 9.93. The zero-order valence-electron chi connectivity index (χ0n) is 9.93. The Bertz CT molecular complexity index is 401. The molecule has 6 heteroatoms. The summed E-state index contributed by atoms with van der Waals surface area (Å²) < 4.78 is 26.4. The molecule has 0 fully saturated rings. The van der Waals surface area contributed by atoms with Crippen LogP contribution >= 0.6 is 0 Å². The van der Waals surface area contributed by atoms with Crippen LogP contribution in [0.3, 0.4) is 0 Å². The summed E-state index contributed by atoms with van der Waals surface area (Å²) in [5.41, 5.74) is 4.77. The normalized spacial score (nSPS) is 14.4. The van der Waals surface area contributed by atoms with Gasteiger partial charge in [-0.15, -0.1) is 0 Å². The predicted octanol–water partition coefficient (Wildman–Crippen LogP) is 1.90. The second kappa shape index (κ2) is 5.27. The largest absolute Gasteiger partial charge is 0.396 e. The fourth-order valence-corrected chi connectivity index (χ4v) is 1.43. The molecule has 0 aliphatic carbocycles. The van der Waals surface area contributed by atoms with Crippen LogP contribution in [0.5, 0.6) is 0 Å². The molecule has 1 atom stereocenters. The number of aromatic nitrogens is 1. The van der Waals surface area contributed by atoms with E-state index in [2.05, 4.69) is 10.3 Å². The maximum atomic E-state index is 13.5. The molecule has 0 aliphatic heterocycles. The van der Waals surface area contributed by atoms with Gasteiger partial charge in [0.25, 0.3) is 0 Å². The Morgan fingerprint density at radius 1 is 1.47 bits per heavy atom. The molecule has 1 rings (SSSR count). The van der Waals surface area contributed by atoms with Gasteiger partial charge >= 0.3 is 0 Å². The van der Waals surface area contributed by atoms with Gasteiger partial charge < -0.3 is 16.2 Å². The summed E-state index contributed by atoms with van der Waals surface area (Å²) in [7, 11) is 0. The minimum absolute atomic E-state index is 0.0321. The van der Waals surface area contributed by atoms with E-state index in [0.717, 1.165) is 0 Å². The van der Waals surface area contributed by atoms with Crippen LogP contribution in [0.2, 0.25) is 0 Å². The van der Waals surface area contributed by atoms with E-state index in [9.17, 15) is 8.78 Å². The van der Waals surface area contributed by atoms with Crippen LogP contribution < -0.4 is 11.1 Å². The molecule has 0 amide bonds. The number of aliphatic hydroxyl groups is 1. The molecule has 1 heterocycles. The van der Waals surface area contributed by atoms with E-state index < -0.39 is 17.2 Å². The molecule has 0 radical (unpaired) electrons. The molecule has 96 valence electrons. The standard InChI is InChI=1S/C11H17F2N3O/c1-3-11(2,4-5-17)16-10-8(13)6-7(12)9(14)15-10/h6,17H,3-5H2,1-2H3,(H3,14,15,16).